The van der Waals surface area contributed by atoms with Crippen molar-refractivity contribution in [1.29, 1.82) is 0 Å². The molecule has 0 spiro atoms. The number of pyridine rings is 1. The number of para-hydroxylation sites is 2. The lowest BCUT2D eigenvalue weighted by atomic mass is 10.1. The number of methoxy groups -OCH3 is 2. The number of aromatic nitrogens is 1. The van der Waals surface area contributed by atoms with E-state index in [4.69, 9.17) is 42.4 Å². The Labute approximate surface area is 254 Å². The van der Waals surface area contributed by atoms with E-state index in [1.54, 1.807) is 32.4 Å². The number of nitrogens with one attached hydrogen (secondary N) is 2. The number of amides is 1. The first-order chi connectivity index (χ1) is 20.5. The summed E-state index contributed by atoms with van der Waals surface area (Å²) in [5, 5.41) is 8.16. The van der Waals surface area contributed by atoms with Gasteiger partial charge in [-0.3, -0.25) is 5.32 Å². The minimum atomic E-state index is -0.634. The molecule has 5 rings (SSSR count). The van der Waals surface area contributed by atoms with Crippen LogP contribution in [0.15, 0.2) is 84.9 Å². The van der Waals surface area contributed by atoms with E-state index in [0.29, 0.717) is 53.5 Å². The van der Waals surface area contributed by atoms with Crippen LogP contribution in [0.2, 0.25) is 0 Å². The Hall–Kier alpha value is -4.40. The van der Waals surface area contributed by atoms with E-state index in [9.17, 15) is 4.79 Å². The van der Waals surface area contributed by atoms with Gasteiger partial charge in [0.2, 0.25) is 0 Å². The van der Waals surface area contributed by atoms with Crippen LogP contribution in [0.1, 0.15) is 0 Å². The van der Waals surface area contributed by atoms with Crippen LogP contribution in [0, 0.1) is 0 Å². The lowest BCUT2D eigenvalue weighted by Crippen LogP contribution is -2.27. The van der Waals surface area contributed by atoms with Crippen LogP contribution in [-0.2, 0) is 0 Å². The fraction of sp³-hybridized carbons (Fsp3) is 0.188. The standard InChI is InChI=1S/C32H30Cl2N4O4/c1-40-25-19-21(35-30-26-6-3-4-8-28(26)37-31-27(30)7-5-9-29(31)41-2)18-22(20-25)36-32(39)42-24-12-10-23(11-13-24)38(16-14-33)17-15-34/h3-13,18-20H,14-17H2,1-2H3,(H,35,37)(H,36,39). The van der Waals surface area contributed by atoms with Crippen LogP contribution in [0.4, 0.5) is 27.5 Å². The highest BCUT2D eigenvalue weighted by Gasteiger charge is 2.15. The molecule has 0 aliphatic rings. The largest absolute Gasteiger partial charge is 0.497 e. The van der Waals surface area contributed by atoms with Crippen molar-refractivity contribution >= 4 is 73.9 Å². The molecule has 2 N–H and O–H groups in total. The third-order valence-corrected chi connectivity index (χ3v) is 7.01. The van der Waals surface area contributed by atoms with Gasteiger partial charge in [-0.1, -0.05) is 30.3 Å². The van der Waals surface area contributed by atoms with Crippen molar-refractivity contribution in [2.75, 3.05) is 54.6 Å². The van der Waals surface area contributed by atoms with Crippen LogP contribution >= 0.6 is 23.2 Å². The number of rotatable bonds is 11. The Morgan fingerprint density at radius 3 is 2.24 bits per heavy atom. The Morgan fingerprint density at radius 2 is 1.52 bits per heavy atom. The van der Waals surface area contributed by atoms with Crippen LogP contribution in [0.5, 0.6) is 17.2 Å². The first kappa shape index (κ1) is 29.1. The van der Waals surface area contributed by atoms with Gasteiger partial charge in [0.05, 0.1) is 25.4 Å². The van der Waals surface area contributed by atoms with Crippen LogP contribution in [0.3, 0.4) is 0 Å². The molecular formula is C32H30Cl2N4O4. The summed E-state index contributed by atoms with van der Waals surface area (Å²) in [7, 11) is 3.20. The molecule has 1 heterocycles. The Kier molecular flexibility index (Phi) is 9.36. The van der Waals surface area contributed by atoms with Crippen molar-refractivity contribution in [2.45, 2.75) is 0 Å². The number of halogens is 2. The molecule has 42 heavy (non-hydrogen) atoms. The van der Waals surface area contributed by atoms with Gasteiger partial charge in [-0.15, -0.1) is 23.2 Å². The number of alkyl halides is 2. The fourth-order valence-electron chi connectivity index (χ4n) is 4.74. The van der Waals surface area contributed by atoms with Gasteiger partial charge in [0.25, 0.3) is 0 Å². The SMILES string of the molecule is COc1cc(NC(=O)Oc2ccc(N(CCCl)CCCl)cc2)cc(Nc2c3ccccc3nc3c(OC)cccc23)c1. The zero-order valence-electron chi connectivity index (χ0n) is 23.2. The highest BCUT2D eigenvalue weighted by molar-refractivity contribution is 6.18. The van der Waals surface area contributed by atoms with Crippen molar-refractivity contribution in [2.24, 2.45) is 0 Å². The Balaban J connectivity index is 1.39. The first-order valence-electron chi connectivity index (χ1n) is 13.3. The smallest absolute Gasteiger partial charge is 0.417 e. The molecule has 1 amide bonds. The highest BCUT2D eigenvalue weighted by Crippen LogP contribution is 2.37. The second kappa shape index (κ2) is 13.5. The summed E-state index contributed by atoms with van der Waals surface area (Å²) >= 11 is 11.8. The van der Waals surface area contributed by atoms with Crippen molar-refractivity contribution in [1.82, 2.24) is 4.98 Å². The van der Waals surface area contributed by atoms with Gasteiger partial charge in [-0.25, -0.2) is 9.78 Å². The summed E-state index contributed by atoms with van der Waals surface area (Å²) in [5.41, 5.74) is 4.56. The van der Waals surface area contributed by atoms with Gasteiger partial charge in [0.1, 0.15) is 22.8 Å². The Bertz CT molecular complexity index is 1690. The van der Waals surface area contributed by atoms with E-state index < -0.39 is 6.09 Å². The van der Waals surface area contributed by atoms with Gasteiger partial charge in [-0.2, -0.15) is 0 Å². The maximum atomic E-state index is 12.8. The quantitative estimate of drug-likeness (QED) is 0.116. The molecule has 0 aliphatic carbocycles. The number of nitrogens with zero attached hydrogens (tertiary/aromatic N) is 2. The molecule has 4 aromatic carbocycles. The molecule has 216 valence electrons. The predicted molar refractivity (Wildman–Crippen MR) is 172 cm³/mol. The molecule has 8 nitrogen and oxygen atoms in total. The third-order valence-electron chi connectivity index (χ3n) is 6.67. The van der Waals surface area contributed by atoms with E-state index >= 15 is 0 Å². The molecular weight excluding hydrogens is 575 g/mol. The highest BCUT2D eigenvalue weighted by atomic mass is 35.5. The van der Waals surface area contributed by atoms with Crippen molar-refractivity contribution in [3.8, 4) is 17.2 Å². The van der Waals surface area contributed by atoms with Gasteiger partial charge in [-0.05, 0) is 42.5 Å². The molecule has 1 aromatic heterocycles. The first-order valence-corrected chi connectivity index (χ1v) is 14.4. The summed E-state index contributed by atoms with van der Waals surface area (Å²) in [6.07, 6.45) is -0.634. The lowest BCUT2D eigenvalue weighted by Gasteiger charge is -2.22. The lowest BCUT2D eigenvalue weighted by molar-refractivity contribution is 0.215. The van der Waals surface area contributed by atoms with E-state index in [1.807, 2.05) is 66.7 Å². The molecule has 0 atom stereocenters. The number of benzene rings is 4. The second-order valence-corrected chi connectivity index (χ2v) is 10.1. The summed E-state index contributed by atoms with van der Waals surface area (Å²) in [4.78, 5) is 19.7. The molecule has 0 aliphatic heterocycles. The summed E-state index contributed by atoms with van der Waals surface area (Å²) in [6.45, 7) is 1.33. The third kappa shape index (κ3) is 6.56. The van der Waals surface area contributed by atoms with Crippen molar-refractivity contribution < 1.29 is 19.0 Å². The molecule has 0 saturated carbocycles. The van der Waals surface area contributed by atoms with Gasteiger partial charge < -0.3 is 24.4 Å². The summed E-state index contributed by atoms with van der Waals surface area (Å²) in [6, 6.07) is 26.3. The zero-order valence-corrected chi connectivity index (χ0v) is 24.7. The molecule has 0 saturated heterocycles. The predicted octanol–water partition coefficient (Wildman–Crippen LogP) is 8.04. The van der Waals surface area contributed by atoms with Gasteiger partial charge in [0.15, 0.2) is 0 Å². The van der Waals surface area contributed by atoms with Crippen LogP contribution < -0.4 is 29.7 Å². The minimum Gasteiger partial charge on any atom is -0.497 e. The summed E-state index contributed by atoms with van der Waals surface area (Å²) in [5.74, 6) is 2.60. The Morgan fingerprint density at radius 1 is 0.810 bits per heavy atom. The van der Waals surface area contributed by atoms with E-state index in [-0.39, 0.29) is 0 Å². The fourth-order valence-corrected chi connectivity index (χ4v) is 5.15. The van der Waals surface area contributed by atoms with Crippen LogP contribution in [-0.4, -0.2) is 50.1 Å². The number of ether oxygens (including phenoxy) is 3. The molecule has 0 bridgehead atoms. The normalized spacial score (nSPS) is 10.9. The van der Waals surface area contributed by atoms with E-state index in [2.05, 4.69) is 15.5 Å². The van der Waals surface area contributed by atoms with Gasteiger partial charge >= 0.3 is 6.09 Å². The van der Waals surface area contributed by atoms with E-state index in [0.717, 1.165) is 33.2 Å². The van der Waals surface area contributed by atoms with Crippen LogP contribution in [0.25, 0.3) is 21.8 Å². The molecule has 0 radical (unpaired) electrons. The number of anilines is 4. The maximum absolute atomic E-state index is 12.8. The molecule has 5 aromatic rings. The molecule has 0 fully saturated rings. The number of carbonyl (C=O) groups excluding carboxylic acids is 1. The number of carbonyl (C=O) groups is 1. The van der Waals surface area contributed by atoms with Crippen molar-refractivity contribution in [3.05, 3.63) is 84.9 Å². The number of fused-ring (bicyclic) bond motifs is 2. The van der Waals surface area contributed by atoms with E-state index in [1.165, 1.54) is 0 Å². The summed E-state index contributed by atoms with van der Waals surface area (Å²) < 4.78 is 16.7. The zero-order chi connectivity index (χ0) is 29.5. The monoisotopic (exact) mass is 604 g/mol. The van der Waals surface area contributed by atoms with Crippen molar-refractivity contribution in [3.63, 3.8) is 0 Å². The topological polar surface area (TPSA) is 85.0 Å². The van der Waals surface area contributed by atoms with Gasteiger partial charge in [0, 0.05) is 64.8 Å². The number of hydrogen-bond acceptors (Lipinski definition) is 7. The molecule has 10 heteroatoms. The average molecular weight is 606 g/mol. The molecule has 0 unspecified atom stereocenters. The average Bonchev–Trinajstić information content (AvgIpc) is 3.00. The number of hydrogen-bond donors (Lipinski definition) is 2. The second-order valence-electron chi connectivity index (χ2n) is 9.31. The maximum Gasteiger partial charge on any atom is 0.417 e. The minimum absolute atomic E-state index is 0.401.